The molecule has 0 saturated carbocycles. The van der Waals surface area contributed by atoms with Crippen molar-refractivity contribution in [3.05, 3.63) is 71.3 Å². The summed E-state index contributed by atoms with van der Waals surface area (Å²) >= 11 is 0. The second-order valence-corrected chi connectivity index (χ2v) is 6.25. The van der Waals surface area contributed by atoms with Gasteiger partial charge in [0.05, 0.1) is 6.04 Å². The first-order valence-electron chi connectivity index (χ1n) is 8.86. The Balaban J connectivity index is 2.33. The minimum absolute atomic E-state index is 0.0623. The predicted molar refractivity (Wildman–Crippen MR) is 100.0 cm³/mol. The number of nitrogens with one attached hydrogen (secondary N) is 1. The van der Waals surface area contributed by atoms with Gasteiger partial charge in [0.2, 0.25) is 5.91 Å². The van der Waals surface area contributed by atoms with Crippen LogP contribution in [0.25, 0.3) is 0 Å². The van der Waals surface area contributed by atoms with Crippen molar-refractivity contribution in [3.63, 3.8) is 0 Å². The number of benzene rings is 2. The highest BCUT2D eigenvalue weighted by Crippen LogP contribution is 2.24. The minimum atomic E-state index is -0.387. The van der Waals surface area contributed by atoms with E-state index in [0.29, 0.717) is 11.6 Å². The van der Waals surface area contributed by atoms with E-state index in [4.69, 9.17) is 5.73 Å². The minimum Gasteiger partial charge on any atom is -0.366 e. The Hall–Kier alpha value is -2.13. The van der Waals surface area contributed by atoms with Crippen molar-refractivity contribution >= 4 is 5.91 Å². The van der Waals surface area contributed by atoms with Crippen LogP contribution < -0.4 is 11.1 Å². The van der Waals surface area contributed by atoms with E-state index >= 15 is 0 Å². The van der Waals surface area contributed by atoms with Gasteiger partial charge in [-0.25, -0.2) is 0 Å². The molecule has 0 aliphatic heterocycles. The standard InChI is InChI=1S/C21H28N2O/c1-3-5-14-19(4-2)23-20(16-10-7-6-8-11-16)17-12-9-13-18(15-17)21(22)24/h6-13,15,19-20,23H,3-5,14H2,1-2H3,(H2,22,24). The average Bonchev–Trinajstić information content (AvgIpc) is 2.63. The van der Waals surface area contributed by atoms with Gasteiger partial charge in [0.15, 0.2) is 0 Å². The molecular formula is C21H28N2O. The molecule has 3 nitrogen and oxygen atoms in total. The van der Waals surface area contributed by atoms with Crippen LogP contribution in [-0.4, -0.2) is 11.9 Å². The molecule has 24 heavy (non-hydrogen) atoms. The van der Waals surface area contributed by atoms with E-state index in [9.17, 15) is 4.79 Å². The number of carbonyl (C=O) groups excluding carboxylic acids is 1. The molecular weight excluding hydrogens is 296 g/mol. The first kappa shape index (κ1) is 18.2. The Kier molecular flexibility index (Phi) is 7.01. The fourth-order valence-electron chi connectivity index (χ4n) is 2.99. The maximum Gasteiger partial charge on any atom is 0.248 e. The van der Waals surface area contributed by atoms with E-state index in [1.54, 1.807) is 6.07 Å². The third kappa shape index (κ3) is 4.93. The summed E-state index contributed by atoms with van der Waals surface area (Å²) in [6, 6.07) is 18.5. The largest absolute Gasteiger partial charge is 0.366 e. The van der Waals surface area contributed by atoms with Gasteiger partial charge in [-0.15, -0.1) is 0 Å². The first-order valence-corrected chi connectivity index (χ1v) is 8.86. The maximum absolute atomic E-state index is 11.5. The van der Waals surface area contributed by atoms with Crippen molar-refractivity contribution in [1.82, 2.24) is 5.32 Å². The molecule has 2 rings (SSSR count). The van der Waals surface area contributed by atoms with E-state index in [2.05, 4.69) is 49.5 Å². The lowest BCUT2D eigenvalue weighted by Gasteiger charge is -2.26. The Labute approximate surface area is 145 Å². The van der Waals surface area contributed by atoms with Crippen molar-refractivity contribution in [3.8, 4) is 0 Å². The lowest BCUT2D eigenvalue weighted by molar-refractivity contribution is 0.1000. The molecule has 3 N–H and O–H groups in total. The molecule has 0 spiro atoms. The highest BCUT2D eigenvalue weighted by atomic mass is 16.1. The molecule has 0 bridgehead atoms. The van der Waals surface area contributed by atoms with Crippen LogP contribution in [0.2, 0.25) is 0 Å². The summed E-state index contributed by atoms with van der Waals surface area (Å²) in [4.78, 5) is 11.5. The number of hydrogen-bond donors (Lipinski definition) is 2. The zero-order chi connectivity index (χ0) is 17.4. The monoisotopic (exact) mass is 324 g/mol. The second-order valence-electron chi connectivity index (χ2n) is 6.25. The number of hydrogen-bond acceptors (Lipinski definition) is 2. The molecule has 0 saturated heterocycles. The van der Waals surface area contributed by atoms with Gasteiger partial charge in [-0.1, -0.05) is 69.2 Å². The number of primary amides is 1. The molecule has 128 valence electrons. The molecule has 1 amide bonds. The Morgan fingerprint density at radius 2 is 1.75 bits per heavy atom. The predicted octanol–water partition coefficient (Wildman–Crippen LogP) is 4.43. The molecule has 0 aliphatic carbocycles. The van der Waals surface area contributed by atoms with E-state index in [-0.39, 0.29) is 11.9 Å². The quantitative estimate of drug-likeness (QED) is 0.717. The lowest BCUT2D eigenvalue weighted by atomic mass is 9.95. The van der Waals surface area contributed by atoms with E-state index in [0.717, 1.165) is 18.4 Å². The fraction of sp³-hybridized carbons (Fsp3) is 0.381. The summed E-state index contributed by atoms with van der Waals surface area (Å²) in [5, 5.41) is 3.79. The highest BCUT2D eigenvalue weighted by Gasteiger charge is 2.18. The van der Waals surface area contributed by atoms with Crippen LogP contribution in [0, 0.1) is 0 Å². The smallest absolute Gasteiger partial charge is 0.248 e. The van der Waals surface area contributed by atoms with E-state index < -0.39 is 0 Å². The summed E-state index contributed by atoms with van der Waals surface area (Å²) in [6.45, 7) is 4.44. The lowest BCUT2D eigenvalue weighted by Crippen LogP contribution is -2.33. The first-order chi connectivity index (χ1) is 11.7. The van der Waals surface area contributed by atoms with Crippen molar-refractivity contribution in [2.45, 2.75) is 51.6 Å². The molecule has 3 heteroatoms. The Bertz CT molecular complexity index is 639. The van der Waals surface area contributed by atoms with Crippen LogP contribution in [0.15, 0.2) is 54.6 Å². The van der Waals surface area contributed by atoms with Gasteiger partial charge < -0.3 is 11.1 Å². The molecule has 0 radical (unpaired) electrons. The maximum atomic E-state index is 11.5. The van der Waals surface area contributed by atoms with Gasteiger partial charge in [0.1, 0.15) is 0 Å². The summed E-state index contributed by atoms with van der Waals surface area (Å²) in [6.07, 6.45) is 4.66. The topological polar surface area (TPSA) is 55.1 Å². The number of rotatable bonds is 9. The van der Waals surface area contributed by atoms with Crippen LogP contribution in [-0.2, 0) is 0 Å². The molecule has 0 heterocycles. The van der Waals surface area contributed by atoms with Crippen molar-refractivity contribution in [1.29, 1.82) is 0 Å². The van der Waals surface area contributed by atoms with Crippen LogP contribution in [0.1, 0.15) is 67.1 Å². The van der Waals surface area contributed by atoms with Crippen molar-refractivity contribution in [2.24, 2.45) is 5.73 Å². The zero-order valence-corrected chi connectivity index (χ0v) is 14.7. The second kappa shape index (κ2) is 9.24. The van der Waals surface area contributed by atoms with Gasteiger partial charge in [-0.3, -0.25) is 4.79 Å². The van der Waals surface area contributed by atoms with E-state index in [1.807, 2.05) is 18.2 Å². The molecule has 2 aromatic rings. The van der Waals surface area contributed by atoms with Crippen molar-refractivity contribution in [2.75, 3.05) is 0 Å². The summed E-state index contributed by atoms with van der Waals surface area (Å²) in [5.41, 5.74) is 8.29. The summed E-state index contributed by atoms with van der Waals surface area (Å²) < 4.78 is 0. The summed E-state index contributed by atoms with van der Waals surface area (Å²) in [5.74, 6) is -0.387. The molecule has 2 unspecified atom stereocenters. The number of nitrogens with two attached hydrogens (primary N) is 1. The highest BCUT2D eigenvalue weighted by molar-refractivity contribution is 5.92. The molecule has 2 atom stereocenters. The van der Waals surface area contributed by atoms with Gasteiger partial charge >= 0.3 is 0 Å². The molecule has 0 aromatic heterocycles. The molecule has 0 aliphatic rings. The van der Waals surface area contributed by atoms with Gasteiger partial charge in [-0.2, -0.15) is 0 Å². The number of amides is 1. The SMILES string of the molecule is CCCCC(CC)NC(c1ccccc1)c1cccc(C(N)=O)c1. The van der Waals surface area contributed by atoms with Crippen LogP contribution in [0.5, 0.6) is 0 Å². The zero-order valence-electron chi connectivity index (χ0n) is 14.7. The van der Waals surface area contributed by atoms with Gasteiger partial charge in [-0.05, 0) is 36.1 Å². The van der Waals surface area contributed by atoms with E-state index in [1.165, 1.54) is 18.4 Å². The van der Waals surface area contributed by atoms with Crippen LogP contribution in [0.4, 0.5) is 0 Å². The fourth-order valence-corrected chi connectivity index (χ4v) is 2.99. The van der Waals surface area contributed by atoms with Crippen molar-refractivity contribution < 1.29 is 4.79 Å². The van der Waals surface area contributed by atoms with Gasteiger partial charge in [0, 0.05) is 11.6 Å². The normalized spacial score (nSPS) is 13.4. The van der Waals surface area contributed by atoms with Crippen LogP contribution >= 0.6 is 0 Å². The third-order valence-electron chi connectivity index (χ3n) is 4.44. The average molecular weight is 324 g/mol. The van der Waals surface area contributed by atoms with Gasteiger partial charge in [0.25, 0.3) is 0 Å². The molecule has 2 aromatic carbocycles. The Morgan fingerprint density at radius 1 is 1.04 bits per heavy atom. The molecule has 0 fully saturated rings. The number of unbranched alkanes of at least 4 members (excludes halogenated alkanes) is 1. The third-order valence-corrected chi connectivity index (χ3v) is 4.44. The summed E-state index contributed by atoms with van der Waals surface area (Å²) in [7, 11) is 0. The van der Waals surface area contributed by atoms with Crippen LogP contribution in [0.3, 0.4) is 0 Å². The number of carbonyl (C=O) groups is 1. The Morgan fingerprint density at radius 3 is 2.38 bits per heavy atom.